The van der Waals surface area contributed by atoms with Crippen molar-refractivity contribution in [3.8, 4) is 0 Å². The van der Waals surface area contributed by atoms with Crippen LogP contribution in [0.25, 0.3) is 0 Å². The number of sulfonamides is 1. The summed E-state index contributed by atoms with van der Waals surface area (Å²) in [6.45, 7) is 6.18. The Morgan fingerprint density at radius 1 is 1.23 bits per heavy atom. The molecule has 0 radical (unpaired) electrons. The monoisotopic (exact) mass is 403 g/mol. The first-order valence-corrected chi connectivity index (χ1v) is 10.3. The van der Waals surface area contributed by atoms with Crippen molar-refractivity contribution in [2.75, 3.05) is 6.54 Å². The quantitative estimate of drug-likeness (QED) is 0.586. The minimum absolute atomic E-state index is 0. The van der Waals surface area contributed by atoms with E-state index in [4.69, 9.17) is 5.73 Å². The number of hydrogen-bond donors (Lipinski definition) is 3. The van der Waals surface area contributed by atoms with Crippen molar-refractivity contribution >= 4 is 28.3 Å². The lowest BCUT2D eigenvalue weighted by Crippen LogP contribution is -2.52. The average molecular weight is 404 g/mol. The van der Waals surface area contributed by atoms with E-state index >= 15 is 0 Å². The zero-order valence-corrected chi connectivity index (χ0v) is 17.2. The predicted octanol–water partition coefficient (Wildman–Crippen LogP) is 1.96. The van der Waals surface area contributed by atoms with Crippen LogP contribution in [-0.2, 0) is 14.8 Å². The molecule has 0 aromatic heterocycles. The van der Waals surface area contributed by atoms with Gasteiger partial charge < -0.3 is 11.1 Å². The van der Waals surface area contributed by atoms with Crippen LogP contribution in [-0.4, -0.2) is 33.0 Å². The summed E-state index contributed by atoms with van der Waals surface area (Å²) in [5, 5.41) is 2.93. The molecular weight excluding hydrogens is 374 g/mol. The molecule has 26 heavy (non-hydrogen) atoms. The molecule has 2 atom stereocenters. The van der Waals surface area contributed by atoms with E-state index in [1.807, 2.05) is 20.8 Å². The Labute approximate surface area is 162 Å². The largest absolute Gasteiger partial charge is 0.350 e. The van der Waals surface area contributed by atoms with Crippen molar-refractivity contribution in [3.63, 3.8) is 0 Å². The third-order valence-corrected chi connectivity index (χ3v) is 5.91. The molecule has 4 N–H and O–H groups in total. The Balaban J connectivity index is 0.00000338. The minimum Gasteiger partial charge on any atom is -0.350 e. The predicted molar refractivity (Wildman–Crippen MR) is 106 cm³/mol. The number of benzene rings is 1. The molecule has 148 valence electrons. The molecule has 6 nitrogen and oxygen atoms in total. The maximum Gasteiger partial charge on any atom is 0.241 e. The fourth-order valence-electron chi connectivity index (χ4n) is 2.80. The molecular formula is C18H30ClN3O3S. The van der Waals surface area contributed by atoms with Gasteiger partial charge in [-0.2, -0.15) is 4.72 Å². The van der Waals surface area contributed by atoms with Gasteiger partial charge in [0, 0.05) is 12.6 Å². The Morgan fingerprint density at radius 3 is 2.27 bits per heavy atom. The number of carbonyl (C=O) groups excluding carboxylic acids is 1. The number of aryl methyl sites for hydroxylation is 1. The minimum atomic E-state index is -3.76. The Bertz CT molecular complexity index is 688. The fourth-order valence-corrected chi connectivity index (χ4v) is 4.01. The van der Waals surface area contributed by atoms with Crippen LogP contribution in [0.3, 0.4) is 0 Å². The van der Waals surface area contributed by atoms with Gasteiger partial charge in [-0.1, -0.05) is 31.5 Å². The van der Waals surface area contributed by atoms with Crippen LogP contribution in [0.4, 0.5) is 0 Å². The molecule has 1 aromatic rings. The molecule has 1 saturated carbocycles. The SMILES string of the molecule is Cc1ccc(S(=O)(=O)NC(CC(C)C)C(=O)NC(CN)C2CC2)cc1.Cl. The molecule has 0 saturated heterocycles. The van der Waals surface area contributed by atoms with E-state index in [-0.39, 0.29) is 35.2 Å². The molecule has 2 rings (SSSR count). The van der Waals surface area contributed by atoms with E-state index in [2.05, 4.69) is 10.0 Å². The summed E-state index contributed by atoms with van der Waals surface area (Å²) in [7, 11) is -3.76. The van der Waals surface area contributed by atoms with Crippen molar-refractivity contribution < 1.29 is 13.2 Å². The number of amides is 1. The van der Waals surface area contributed by atoms with E-state index in [0.29, 0.717) is 18.9 Å². The summed E-state index contributed by atoms with van der Waals surface area (Å²) < 4.78 is 27.8. The maximum absolute atomic E-state index is 12.6. The van der Waals surface area contributed by atoms with E-state index in [0.717, 1.165) is 18.4 Å². The molecule has 0 aliphatic heterocycles. The number of hydrogen-bond acceptors (Lipinski definition) is 4. The van der Waals surface area contributed by atoms with Gasteiger partial charge in [0.25, 0.3) is 0 Å². The highest BCUT2D eigenvalue weighted by Crippen LogP contribution is 2.32. The Kier molecular flexibility index (Phi) is 8.53. The summed E-state index contributed by atoms with van der Waals surface area (Å²) in [4.78, 5) is 12.8. The van der Waals surface area contributed by atoms with Crippen LogP contribution < -0.4 is 15.8 Å². The lowest BCUT2D eigenvalue weighted by Gasteiger charge is -2.23. The second-order valence-electron chi connectivity index (χ2n) is 7.30. The van der Waals surface area contributed by atoms with Crippen molar-refractivity contribution in [2.24, 2.45) is 17.6 Å². The van der Waals surface area contributed by atoms with Gasteiger partial charge in [0.15, 0.2) is 0 Å². The van der Waals surface area contributed by atoms with Crippen LogP contribution in [0.2, 0.25) is 0 Å². The van der Waals surface area contributed by atoms with Crippen molar-refractivity contribution in [1.82, 2.24) is 10.0 Å². The molecule has 0 spiro atoms. The van der Waals surface area contributed by atoms with E-state index in [1.54, 1.807) is 24.3 Å². The highest BCUT2D eigenvalue weighted by molar-refractivity contribution is 7.89. The molecule has 1 aromatic carbocycles. The lowest BCUT2D eigenvalue weighted by molar-refractivity contribution is -0.123. The molecule has 0 heterocycles. The van der Waals surface area contributed by atoms with Gasteiger partial charge in [0.1, 0.15) is 6.04 Å². The smallest absolute Gasteiger partial charge is 0.241 e. The number of halogens is 1. The van der Waals surface area contributed by atoms with Crippen molar-refractivity contribution in [1.29, 1.82) is 0 Å². The highest BCUT2D eigenvalue weighted by atomic mass is 35.5. The number of nitrogens with two attached hydrogens (primary N) is 1. The fraction of sp³-hybridized carbons (Fsp3) is 0.611. The van der Waals surface area contributed by atoms with Crippen LogP contribution >= 0.6 is 12.4 Å². The standard InChI is InChI=1S/C18H29N3O3S.ClH/c1-12(2)10-16(18(22)20-17(11-19)14-6-7-14)21-25(23,24)15-8-4-13(3)5-9-15;/h4-5,8-9,12,14,16-17,21H,6-7,10-11,19H2,1-3H3,(H,20,22);1H. The Hall–Kier alpha value is -1.15. The lowest BCUT2D eigenvalue weighted by atomic mass is 10.0. The third kappa shape index (κ3) is 6.54. The van der Waals surface area contributed by atoms with E-state index in [9.17, 15) is 13.2 Å². The van der Waals surface area contributed by atoms with Crippen molar-refractivity contribution in [2.45, 2.75) is 57.0 Å². The summed E-state index contributed by atoms with van der Waals surface area (Å²) in [5.41, 5.74) is 6.72. The summed E-state index contributed by atoms with van der Waals surface area (Å²) in [6.07, 6.45) is 2.55. The van der Waals surface area contributed by atoms with E-state index in [1.165, 1.54) is 0 Å². The molecule has 1 aliphatic rings. The maximum atomic E-state index is 12.6. The van der Waals surface area contributed by atoms with E-state index < -0.39 is 16.1 Å². The van der Waals surface area contributed by atoms with Crippen LogP contribution in [0.1, 0.15) is 38.7 Å². The molecule has 1 amide bonds. The zero-order chi connectivity index (χ0) is 18.6. The van der Waals surface area contributed by atoms with Gasteiger partial charge in [-0.15, -0.1) is 12.4 Å². The molecule has 2 unspecified atom stereocenters. The normalized spacial score (nSPS) is 16.7. The first kappa shape index (κ1) is 22.9. The molecule has 0 bridgehead atoms. The second kappa shape index (κ2) is 9.69. The first-order chi connectivity index (χ1) is 11.7. The Morgan fingerprint density at radius 2 is 1.81 bits per heavy atom. The second-order valence-corrected chi connectivity index (χ2v) is 9.02. The van der Waals surface area contributed by atoms with Crippen LogP contribution in [0, 0.1) is 18.8 Å². The molecule has 1 fully saturated rings. The van der Waals surface area contributed by atoms with Gasteiger partial charge in [-0.25, -0.2) is 8.42 Å². The summed E-state index contributed by atoms with van der Waals surface area (Å²) >= 11 is 0. The van der Waals surface area contributed by atoms with Gasteiger partial charge in [-0.3, -0.25) is 4.79 Å². The number of rotatable bonds is 9. The van der Waals surface area contributed by atoms with Gasteiger partial charge in [0.05, 0.1) is 4.90 Å². The third-order valence-electron chi connectivity index (χ3n) is 4.42. The van der Waals surface area contributed by atoms with Crippen LogP contribution in [0.5, 0.6) is 0 Å². The average Bonchev–Trinajstić information content (AvgIpc) is 3.36. The van der Waals surface area contributed by atoms with Gasteiger partial charge >= 0.3 is 0 Å². The topological polar surface area (TPSA) is 101 Å². The molecule has 8 heteroatoms. The molecule has 1 aliphatic carbocycles. The highest BCUT2D eigenvalue weighted by Gasteiger charge is 2.34. The van der Waals surface area contributed by atoms with Crippen LogP contribution in [0.15, 0.2) is 29.2 Å². The van der Waals surface area contributed by atoms with Gasteiger partial charge in [0.2, 0.25) is 15.9 Å². The first-order valence-electron chi connectivity index (χ1n) is 8.82. The zero-order valence-electron chi connectivity index (χ0n) is 15.6. The van der Waals surface area contributed by atoms with Crippen molar-refractivity contribution in [3.05, 3.63) is 29.8 Å². The van der Waals surface area contributed by atoms with Gasteiger partial charge in [-0.05, 0) is 50.2 Å². The summed E-state index contributed by atoms with van der Waals surface area (Å²) in [6, 6.07) is 5.70. The number of nitrogens with one attached hydrogen (secondary N) is 2. The number of carbonyl (C=O) groups is 1. The summed E-state index contributed by atoms with van der Waals surface area (Å²) in [5.74, 6) is 0.294.